The summed E-state index contributed by atoms with van der Waals surface area (Å²) >= 11 is 0. The van der Waals surface area contributed by atoms with Crippen molar-refractivity contribution in [2.75, 3.05) is 0 Å². The van der Waals surface area contributed by atoms with Gasteiger partial charge in [0.25, 0.3) is 0 Å². The van der Waals surface area contributed by atoms with Crippen molar-refractivity contribution < 1.29 is 14.7 Å². The first-order valence-electron chi connectivity index (χ1n) is 6.07. The summed E-state index contributed by atoms with van der Waals surface area (Å²) in [4.78, 5) is 22.8. The molecule has 19 heavy (non-hydrogen) atoms. The van der Waals surface area contributed by atoms with Gasteiger partial charge in [0, 0.05) is 12.0 Å². The summed E-state index contributed by atoms with van der Waals surface area (Å²) in [6.07, 6.45) is 1.05. The molecule has 2 aromatic carbocycles. The fourth-order valence-electron chi connectivity index (χ4n) is 1.87. The zero-order chi connectivity index (χ0) is 13.7. The SMILES string of the molecule is O=C(O)c1cccc(C(=O)CCc2ccccc2)c1. The molecule has 0 atom stereocenters. The van der Waals surface area contributed by atoms with E-state index in [0.717, 1.165) is 5.56 Å². The van der Waals surface area contributed by atoms with E-state index in [1.807, 2.05) is 30.3 Å². The van der Waals surface area contributed by atoms with E-state index < -0.39 is 5.97 Å². The van der Waals surface area contributed by atoms with Crippen LogP contribution in [0.1, 0.15) is 32.7 Å². The van der Waals surface area contributed by atoms with Gasteiger partial charge in [0.1, 0.15) is 0 Å². The van der Waals surface area contributed by atoms with Gasteiger partial charge in [-0.15, -0.1) is 0 Å². The number of hydrogen-bond acceptors (Lipinski definition) is 2. The Balaban J connectivity index is 2.04. The van der Waals surface area contributed by atoms with Crippen LogP contribution in [-0.4, -0.2) is 16.9 Å². The number of benzene rings is 2. The van der Waals surface area contributed by atoms with E-state index in [1.165, 1.54) is 12.1 Å². The monoisotopic (exact) mass is 254 g/mol. The molecule has 0 heterocycles. The maximum Gasteiger partial charge on any atom is 0.335 e. The van der Waals surface area contributed by atoms with Crippen molar-refractivity contribution in [3.8, 4) is 0 Å². The van der Waals surface area contributed by atoms with Crippen molar-refractivity contribution in [1.82, 2.24) is 0 Å². The number of carbonyl (C=O) groups excluding carboxylic acids is 1. The van der Waals surface area contributed by atoms with Crippen molar-refractivity contribution in [3.63, 3.8) is 0 Å². The van der Waals surface area contributed by atoms with E-state index in [2.05, 4.69) is 0 Å². The van der Waals surface area contributed by atoms with Crippen LogP contribution in [-0.2, 0) is 6.42 Å². The van der Waals surface area contributed by atoms with Crippen LogP contribution in [0.4, 0.5) is 0 Å². The van der Waals surface area contributed by atoms with Crippen molar-refractivity contribution in [3.05, 3.63) is 71.3 Å². The maximum atomic E-state index is 12.0. The highest BCUT2D eigenvalue weighted by molar-refractivity contribution is 5.98. The molecular weight excluding hydrogens is 240 g/mol. The highest BCUT2D eigenvalue weighted by Gasteiger charge is 2.09. The lowest BCUT2D eigenvalue weighted by atomic mass is 10.0. The molecule has 1 N–H and O–H groups in total. The molecule has 2 aromatic rings. The Morgan fingerprint density at radius 3 is 2.26 bits per heavy atom. The molecular formula is C16H14O3. The van der Waals surface area contributed by atoms with Gasteiger partial charge in [0.05, 0.1) is 5.56 Å². The minimum Gasteiger partial charge on any atom is -0.478 e. The summed E-state index contributed by atoms with van der Waals surface area (Å²) in [5, 5.41) is 8.89. The Hall–Kier alpha value is -2.42. The average Bonchev–Trinajstić information content (AvgIpc) is 2.46. The first-order valence-corrected chi connectivity index (χ1v) is 6.07. The molecule has 0 saturated heterocycles. The van der Waals surface area contributed by atoms with E-state index >= 15 is 0 Å². The number of ketones is 1. The Morgan fingerprint density at radius 1 is 0.895 bits per heavy atom. The minimum atomic E-state index is -1.02. The number of carboxylic acid groups (broad SMARTS) is 1. The fraction of sp³-hybridized carbons (Fsp3) is 0.125. The number of aryl methyl sites for hydroxylation is 1. The van der Waals surface area contributed by atoms with Gasteiger partial charge < -0.3 is 5.11 Å². The Labute approximate surface area is 111 Å². The largest absolute Gasteiger partial charge is 0.478 e. The fourth-order valence-corrected chi connectivity index (χ4v) is 1.87. The lowest BCUT2D eigenvalue weighted by Crippen LogP contribution is -2.04. The Bertz CT molecular complexity index is 588. The number of Topliss-reactive ketones (excluding diaryl/α,β-unsaturated/α-hetero) is 1. The molecule has 3 heteroatoms. The van der Waals surface area contributed by atoms with Crippen LogP contribution < -0.4 is 0 Å². The molecule has 96 valence electrons. The van der Waals surface area contributed by atoms with Gasteiger partial charge in [-0.05, 0) is 24.1 Å². The summed E-state index contributed by atoms with van der Waals surface area (Å²) < 4.78 is 0. The van der Waals surface area contributed by atoms with E-state index in [9.17, 15) is 9.59 Å². The van der Waals surface area contributed by atoms with E-state index in [-0.39, 0.29) is 11.3 Å². The molecule has 0 bridgehead atoms. The normalized spacial score (nSPS) is 10.1. The summed E-state index contributed by atoms with van der Waals surface area (Å²) in [6.45, 7) is 0. The predicted molar refractivity (Wildman–Crippen MR) is 72.5 cm³/mol. The van der Waals surface area contributed by atoms with Gasteiger partial charge in [-0.2, -0.15) is 0 Å². The number of rotatable bonds is 5. The van der Waals surface area contributed by atoms with Crippen molar-refractivity contribution in [1.29, 1.82) is 0 Å². The van der Waals surface area contributed by atoms with Crippen LogP contribution in [0.2, 0.25) is 0 Å². The van der Waals surface area contributed by atoms with Crippen molar-refractivity contribution >= 4 is 11.8 Å². The lowest BCUT2D eigenvalue weighted by molar-refractivity contribution is 0.0697. The standard InChI is InChI=1S/C16H14O3/c17-15(10-9-12-5-2-1-3-6-12)13-7-4-8-14(11-13)16(18)19/h1-8,11H,9-10H2,(H,18,19). The average molecular weight is 254 g/mol. The number of carbonyl (C=O) groups is 2. The molecule has 0 aliphatic rings. The van der Waals surface area contributed by atoms with Gasteiger partial charge in [-0.3, -0.25) is 4.79 Å². The van der Waals surface area contributed by atoms with Gasteiger partial charge in [-0.25, -0.2) is 4.79 Å². The third-order valence-corrected chi connectivity index (χ3v) is 2.92. The molecule has 0 unspecified atom stereocenters. The predicted octanol–water partition coefficient (Wildman–Crippen LogP) is 3.20. The topological polar surface area (TPSA) is 54.4 Å². The van der Waals surface area contributed by atoms with Crippen LogP contribution in [0.15, 0.2) is 54.6 Å². The summed E-state index contributed by atoms with van der Waals surface area (Å²) in [6, 6.07) is 15.9. The second kappa shape index (κ2) is 5.96. The molecule has 0 radical (unpaired) electrons. The van der Waals surface area contributed by atoms with E-state index in [4.69, 9.17) is 5.11 Å². The minimum absolute atomic E-state index is 0.0352. The molecule has 0 aliphatic heterocycles. The Kier molecular flexibility index (Phi) is 4.08. The number of hydrogen-bond donors (Lipinski definition) is 1. The number of aromatic carboxylic acids is 1. The molecule has 0 spiro atoms. The molecule has 0 aliphatic carbocycles. The molecule has 0 fully saturated rings. The first-order chi connectivity index (χ1) is 9.16. The van der Waals surface area contributed by atoms with Crippen LogP contribution >= 0.6 is 0 Å². The number of carboxylic acids is 1. The zero-order valence-electron chi connectivity index (χ0n) is 10.4. The van der Waals surface area contributed by atoms with E-state index in [0.29, 0.717) is 18.4 Å². The summed E-state index contributed by atoms with van der Waals surface area (Å²) in [7, 11) is 0. The van der Waals surface area contributed by atoms with Gasteiger partial charge in [0.15, 0.2) is 5.78 Å². The molecule has 0 aromatic heterocycles. The third-order valence-electron chi connectivity index (χ3n) is 2.92. The highest BCUT2D eigenvalue weighted by Crippen LogP contribution is 2.10. The third kappa shape index (κ3) is 3.52. The van der Waals surface area contributed by atoms with Gasteiger partial charge >= 0.3 is 5.97 Å². The van der Waals surface area contributed by atoms with Gasteiger partial charge in [0.2, 0.25) is 0 Å². The maximum absolute atomic E-state index is 12.0. The molecule has 0 amide bonds. The molecule has 3 nitrogen and oxygen atoms in total. The molecule has 2 rings (SSSR count). The second-order valence-electron chi connectivity index (χ2n) is 4.29. The second-order valence-corrected chi connectivity index (χ2v) is 4.29. The van der Waals surface area contributed by atoms with Crippen LogP contribution in [0, 0.1) is 0 Å². The summed E-state index contributed by atoms with van der Waals surface area (Å²) in [5.74, 6) is -1.05. The zero-order valence-corrected chi connectivity index (χ0v) is 10.4. The highest BCUT2D eigenvalue weighted by atomic mass is 16.4. The first kappa shape index (κ1) is 13.0. The summed E-state index contributed by atoms with van der Waals surface area (Å²) in [5.41, 5.74) is 1.70. The van der Waals surface area contributed by atoms with Crippen molar-refractivity contribution in [2.24, 2.45) is 0 Å². The van der Waals surface area contributed by atoms with E-state index in [1.54, 1.807) is 12.1 Å². The van der Waals surface area contributed by atoms with Crippen molar-refractivity contribution in [2.45, 2.75) is 12.8 Å². The smallest absolute Gasteiger partial charge is 0.335 e. The quantitative estimate of drug-likeness (QED) is 0.833. The molecule has 0 saturated carbocycles. The lowest BCUT2D eigenvalue weighted by Gasteiger charge is -2.03. The van der Waals surface area contributed by atoms with Crippen LogP contribution in [0.3, 0.4) is 0 Å². The Morgan fingerprint density at radius 2 is 1.58 bits per heavy atom. The van der Waals surface area contributed by atoms with Gasteiger partial charge in [-0.1, -0.05) is 42.5 Å². The van der Waals surface area contributed by atoms with Crippen LogP contribution in [0.25, 0.3) is 0 Å². The van der Waals surface area contributed by atoms with Crippen LogP contribution in [0.5, 0.6) is 0 Å².